The molecule has 0 aliphatic rings. The van der Waals surface area contributed by atoms with Gasteiger partial charge >= 0.3 is 5.97 Å². The van der Waals surface area contributed by atoms with Crippen LogP contribution in [0.15, 0.2) is 60.7 Å². The molecule has 5 heteroatoms. The zero-order chi connectivity index (χ0) is 17.6. The van der Waals surface area contributed by atoms with Crippen LogP contribution in [0.5, 0.6) is 0 Å². The normalized spacial score (nSPS) is 10.8. The van der Waals surface area contributed by atoms with Gasteiger partial charge in [0.15, 0.2) is 0 Å². The number of ether oxygens (including phenoxy) is 2. The van der Waals surface area contributed by atoms with E-state index >= 15 is 0 Å². The summed E-state index contributed by atoms with van der Waals surface area (Å²) >= 11 is 0. The fourth-order valence-corrected chi connectivity index (χ4v) is 1.76. The highest BCUT2D eigenvalue weighted by atomic mass is 16.5. The highest BCUT2D eigenvalue weighted by Gasteiger charge is 2.12. The molecule has 0 fully saturated rings. The second-order valence-electron chi connectivity index (χ2n) is 5.02. The minimum absolute atomic E-state index is 0.227. The Morgan fingerprint density at radius 3 is 1.96 bits per heavy atom. The zero-order valence-corrected chi connectivity index (χ0v) is 14.0. The quantitative estimate of drug-likeness (QED) is 0.626. The van der Waals surface area contributed by atoms with E-state index in [1.165, 1.54) is 5.56 Å². The molecule has 2 aromatic rings. The standard InChI is InChI=1S/C11H13NO3.C8H10O/c1-9(12-8-13)11(14)15-7-10-5-3-2-4-6-10;1-9-7-8-5-3-2-4-6-8/h2-6,8-9H,7H2,1H3,(H,12,13);2-6H,7H2,1H3. The Balaban J connectivity index is 0.000000272. The van der Waals surface area contributed by atoms with Gasteiger partial charge in [-0.2, -0.15) is 0 Å². The summed E-state index contributed by atoms with van der Waals surface area (Å²) in [6, 6.07) is 18.9. The Morgan fingerprint density at radius 1 is 1.00 bits per heavy atom. The van der Waals surface area contributed by atoms with Crippen molar-refractivity contribution in [3.8, 4) is 0 Å². The van der Waals surface area contributed by atoms with Crippen LogP contribution in [-0.4, -0.2) is 25.5 Å². The second-order valence-corrected chi connectivity index (χ2v) is 5.02. The monoisotopic (exact) mass is 329 g/mol. The van der Waals surface area contributed by atoms with Crippen molar-refractivity contribution >= 4 is 12.4 Å². The number of nitrogens with one attached hydrogen (secondary N) is 1. The lowest BCUT2D eigenvalue weighted by Gasteiger charge is -2.09. The number of esters is 1. The first kappa shape index (κ1) is 19.4. The summed E-state index contributed by atoms with van der Waals surface area (Å²) in [6.07, 6.45) is 0.481. The van der Waals surface area contributed by atoms with Crippen LogP contribution in [0.25, 0.3) is 0 Å². The van der Waals surface area contributed by atoms with Gasteiger partial charge in [-0.1, -0.05) is 60.7 Å². The number of hydrogen-bond acceptors (Lipinski definition) is 4. The van der Waals surface area contributed by atoms with Crippen LogP contribution in [0.4, 0.5) is 0 Å². The van der Waals surface area contributed by atoms with Crippen LogP contribution in [0.3, 0.4) is 0 Å². The number of carbonyl (C=O) groups excluding carboxylic acids is 2. The lowest BCUT2D eigenvalue weighted by atomic mass is 10.2. The topological polar surface area (TPSA) is 64.6 Å². The number of methoxy groups -OCH3 is 1. The fourth-order valence-electron chi connectivity index (χ4n) is 1.76. The number of benzene rings is 2. The van der Waals surface area contributed by atoms with Crippen LogP contribution in [0, 0.1) is 0 Å². The first-order chi connectivity index (χ1) is 11.7. The van der Waals surface area contributed by atoms with E-state index in [1.54, 1.807) is 14.0 Å². The van der Waals surface area contributed by atoms with Crippen LogP contribution >= 0.6 is 0 Å². The summed E-state index contributed by atoms with van der Waals surface area (Å²) in [5.41, 5.74) is 2.14. The molecule has 128 valence electrons. The SMILES string of the molecule is CC(NC=O)C(=O)OCc1ccccc1.COCc1ccccc1. The van der Waals surface area contributed by atoms with E-state index in [9.17, 15) is 9.59 Å². The molecule has 0 radical (unpaired) electrons. The molecule has 1 N–H and O–H groups in total. The van der Waals surface area contributed by atoms with Gasteiger partial charge in [-0.15, -0.1) is 0 Å². The molecular formula is C19H23NO4. The lowest BCUT2D eigenvalue weighted by molar-refractivity contribution is -0.147. The Labute approximate surface area is 142 Å². The molecule has 0 saturated carbocycles. The van der Waals surface area contributed by atoms with E-state index in [2.05, 4.69) is 5.32 Å². The molecule has 0 aliphatic heterocycles. The third kappa shape index (κ3) is 8.10. The smallest absolute Gasteiger partial charge is 0.328 e. The Hall–Kier alpha value is -2.66. The summed E-state index contributed by atoms with van der Waals surface area (Å²) in [4.78, 5) is 21.3. The van der Waals surface area contributed by atoms with E-state index in [0.29, 0.717) is 13.0 Å². The number of amides is 1. The molecule has 0 saturated heterocycles. The Morgan fingerprint density at radius 2 is 1.50 bits per heavy atom. The summed E-state index contributed by atoms with van der Waals surface area (Å²) in [5.74, 6) is -0.439. The maximum atomic E-state index is 11.3. The maximum Gasteiger partial charge on any atom is 0.328 e. The summed E-state index contributed by atoms with van der Waals surface area (Å²) in [5, 5.41) is 2.33. The maximum absolute atomic E-state index is 11.3. The molecule has 0 bridgehead atoms. The molecule has 1 unspecified atom stereocenters. The van der Waals surface area contributed by atoms with E-state index in [1.807, 2.05) is 60.7 Å². The van der Waals surface area contributed by atoms with Crippen molar-refractivity contribution in [3.63, 3.8) is 0 Å². The van der Waals surface area contributed by atoms with E-state index in [-0.39, 0.29) is 6.61 Å². The predicted molar refractivity (Wildman–Crippen MR) is 92.1 cm³/mol. The van der Waals surface area contributed by atoms with Gasteiger partial charge in [-0.25, -0.2) is 4.79 Å². The highest BCUT2D eigenvalue weighted by Crippen LogP contribution is 2.01. The molecule has 0 aliphatic carbocycles. The van der Waals surface area contributed by atoms with Crippen LogP contribution in [0.2, 0.25) is 0 Å². The van der Waals surface area contributed by atoms with Crippen LogP contribution in [-0.2, 0) is 32.3 Å². The Bertz CT molecular complexity index is 587. The molecule has 2 rings (SSSR count). The van der Waals surface area contributed by atoms with Crippen molar-refractivity contribution in [2.24, 2.45) is 0 Å². The third-order valence-corrected chi connectivity index (χ3v) is 3.05. The van der Waals surface area contributed by atoms with Crippen molar-refractivity contribution < 1.29 is 19.1 Å². The minimum atomic E-state index is -0.605. The van der Waals surface area contributed by atoms with Gasteiger partial charge < -0.3 is 14.8 Å². The lowest BCUT2D eigenvalue weighted by Crippen LogP contribution is -2.34. The van der Waals surface area contributed by atoms with Crippen LogP contribution in [0.1, 0.15) is 18.1 Å². The van der Waals surface area contributed by atoms with E-state index < -0.39 is 12.0 Å². The largest absolute Gasteiger partial charge is 0.459 e. The average molecular weight is 329 g/mol. The average Bonchev–Trinajstić information content (AvgIpc) is 2.62. The van der Waals surface area contributed by atoms with Crippen LogP contribution < -0.4 is 5.32 Å². The van der Waals surface area contributed by atoms with Gasteiger partial charge in [-0.3, -0.25) is 4.79 Å². The molecule has 5 nitrogen and oxygen atoms in total. The van der Waals surface area contributed by atoms with Crippen molar-refractivity contribution in [3.05, 3.63) is 71.8 Å². The van der Waals surface area contributed by atoms with Gasteiger partial charge in [0.1, 0.15) is 12.6 Å². The third-order valence-electron chi connectivity index (χ3n) is 3.05. The van der Waals surface area contributed by atoms with Gasteiger partial charge in [0.2, 0.25) is 6.41 Å². The molecule has 0 heterocycles. The van der Waals surface area contributed by atoms with Crippen molar-refractivity contribution in [2.45, 2.75) is 26.2 Å². The van der Waals surface area contributed by atoms with E-state index in [0.717, 1.165) is 5.56 Å². The summed E-state index contributed by atoms with van der Waals surface area (Å²) < 4.78 is 9.91. The molecule has 0 aromatic heterocycles. The molecule has 24 heavy (non-hydrogen) atoms. The highest BCUT2D eigenvalue weighted by molar-refractivity contribution is 5.77. The first-order valence-electron chi connectivity index (χ1n) is 7.60. The summed E-state index contributed by atoms with van der Waals surface area (Å²) in [7, 11) is 1.70. The van der Waals surface area contributed by atoms with Gasteiger partial charge in [0, 0.05) is 7.11 Å². The molecule has 0 spiro atoms. The minimum Gasteiger partial charge on any atom is -0.459 e. The van der Waals surface area contributed by atoms with Gasteiger partial charge in [-0.05, 0) is 18.1 Å². The van der Waals surface area contributed by atoms with Crippen molar-refractivity contribution in [1.29, 1.82) is 0 Å². The van der Waals surface area contributed by atoms with Crippen molar-refractivity contribution in [2.75, 3.05) is 7.11 Å². The molecule has 1 atom stereocenters. The molecule has 2 aromatic carbocycles. The predicted octanol–water partition coefficient (Wildman–Crippen LogP) is 2.70. The van der Waals surface area contributed by atoms with E-state index in [4.69, 9.17) is 9.47 Å². The van der Waals surface area contributed by atoms with Crippen molar-refractivity contribution in [1.82, 2.24) is 5.32 Å². The fraction of sp³-hybridized carbons (Fsp3) is 0.263. The summed E-state index contributed by atoms with van der Waals surface area (Å²) in [6.45, 7) is 2.51. The second kappa shape index (κ2) is 11.8. The number of carbonyl (C=O) groups is 2. The first-order valence-corrected chi connectivity index (χ1v) is 7.60. The Kier molecular flexibility index (Phi) is 9.57. The zero-order valence-electron chi connectivity index (χ0n) is 14.0. The van der Waals surface area contributed by atoms with Gasteiger partial charge in [0.25, 0.3) is 0 Å². The molecule has 1 amide bonds. The molecular weight excluding hydrogens is 306 g/mol. The number of hydrogen-bond donors (Lipinski definition) is 1. The number of rotatable bonds is 7. The van der Waals surface area contributed by atoms with Gasteiger partial charge in [0.05, 0.1) is 6.61 Å².